The second-order valence-corrected chi connectivity index (χ2v) is 6.99. The van der Waals surface area contributed by atoms with E-state index in [1.165, 1.54) is 0 Å². The van der Waals surface area contributed by atoms with Crippen LogP contribution in [0.5, 0.6) is 0 Å². The maximum atomic E-state index is 13.0. The van der Waals surface area contributed by atoms with Crippen LogP contribution in [-0.4, -0.2) is 47.1 Å². The van der Waals surface area contributed by atoms with Crippen molar-refractivity contribution in [2.45, 2.75) is 44.6 Å². The summed E-state index contributed by atoms with van der Waals surface area (Å²) >= 11 is 0. The third-order valence-corrected chi connectivity index (χ3v) is 5.39. The molecule has 2 aromatic rings. The highest BCUT2D eigenvalue weighted by Gasteiger charge is 2.31. The number of aromatic nitrogens is 2. The zero-order chi connectivity index (χ0) is 17.2. The first-order valence-corrected chi connectivity index (χ1v) is 9.14. The third kappa shape index (κ3) is 3.13. The highest BCUT2D eigenvalue weighted by molar-refractivity contribution is 5.94. The zero-order valence-electron chi connectivity index (χ0n) is 14.6. The van der Waals surface area contributed by atoms with Crippen LogP contribution >= 0.6 is 0 Å². The van der Waals surface area contributed by atoms with Crippen molar-refractivity contribution in [3.63, 3.8) is 0 Å². The number of piperidine rings is 1. The van der Waals surface area contributed by atoms with Gasteiger partial charge in [0.05, 0.1) is 0 Å². The van der Waals surface area contributed by atoms with Gasteiger partial charge in [-0.2, -0.15) is 0 Å². The van der Waals surface area contributed by atoms with Gasteiger partial charge in [0, 0.05) is 44.4 Å². The molecule has 0 unspecified atom stereocenters. The summed E-state index contributed by atoms with van der Waals surface area (Å²) in [6.45, 7) is 1.79. The minimum absolute atomic E-state index is 0.0141. The zero-order valence-corrected chi connectivity index (χ0v) is 14.6. The Balaban J connectivity index is 1.49. The van der Waals surface area contributed by atoms with E-state index < -0.39 is 0 Å². The van der Waals surface area contributed by atoms with E-state index in [2.05, 4.69) is 15.0 Å². The van der Waals surface area contributed by atoms with Crippen LogP contribution in [0.2, 0.25) is 0 Å². The number of hydrogen-bond acceptors (Lipinski definition) is 5. The number of fused-ring (bicyclic) bond motifs is 1. The summed E-state index contributed by atoms with van der Waals surface area (Å²) in [5, 5.41) is 4.10. The third-order valence-electron chi connectivity index (χ3n) is 5.39. The highest BCUT2D eigenvalue weighted by atomic mass is 16.5. The molecule has 0 radical (unpaired) electrons. The molecule has 25 heavy (non-hydrogen) atoms. The van der Waals surface area contributed by atoms with E-state index in [4.69, 9.17) is 4.52 Å². The fraction of sp³-hybridized carbons (Fsp3) is 0.526. The summed E-state index contributed by atoms with van der Waals surface area (Å²) < 4.78 is 5.42. The van der Waals surface area contributed by atoms with Gasteiger partial charge in [0.15, 0.2) is 5.69 Å². The molecular weight excluding hydrogens is 316 g/mol. The molecule has 2 aromatic heterocycles. The topological polar surface area (TPSA) is 62.5 Å². The molecule has 1 aliphatic carbocycles. The Morgan fingerprint density at radius 1 is 1.28 bits per heavy atom. The molecule has 1 fully saturated rings. The van der Waals surface area contributed by atoms with Gasteiger partial charge in [-0.1, -0.05) is 11.2 Å². The van der Waals surface area contributed by atoms with Crippen molar-refractivity contribution >= 4 is 11.7 Å². The number of carbonyl (C=O) groups excluding carboxylic acids is 1. The molecule has 1 aliphatic heterocycles. The van der Waals surface area contributed by atoms with Gasteiger partial charge in [0.1, 0.15) is 11.6 Å². The summed E-state index contributed by atoms with van der Waals surface area (Å²) in [7, 11) is 1.89. The first kappa shape index (κ1) is 16.1. The Kier molecular flexibility index (Phi) is 4.42. The van der Waals surface area contributed by atoms with E-state index in [0.29, 0.717) is 5.69 Å². The molecule has 4 rings (SSSR count). The lowest BCUT2D eigenvalue weighted by Gasteiger charge is -2.38. The second kappa shape index (κ2) is 6.86. The van der Waals surface area contributed by atoms with Crippen molar-refractivity contribution < 1.29 is 9.32 Å². The largest absolute Gasteiger partial charge is 0.360 e. The average Bonchev–Trinajstić information content (AvgIpc) is 3.12. The lowest BCUT2D eigenvalue weighted by Crippen LogP contribution is -2.49. The minimum atomic E-state index is -0.0141. The van der Waals surface area contributed by atoms with Gasteiger partial charge in [-0.05, 0) is 44.2 Å². The molecule has 0 saturated carbocycles. The van der Waals surface area contributed by atoms with Crippen molar-refractivity contribution in [2.75, 3.05) is 25.0 Å². The number of likely N-dealkylation sites (N-methyl/N-ethyl adjacent to an activating group) is 1. The molecule has 1 amide bonds. The molecule has 132 valence electrons. The molecule has 6 heteroatoms. The van der Waals surface area contributed by atoms with E-state index in [1.54, 1.807) is 0 Å². The number of aryl methyl sites for hydroxylation is 1. The normalized spacial score (nSPS) is 20.2. The quantitative estimate of drug-likeness (QED) is 0.860. The summed E-state index contributed by atoms with van der Waals surface area (Å²) in [4.78, 5) is 21.5. The summed E-state index contributed by atoms with van der Waals surface area (Å²) in [6, 6.07) is 6.12. The van der Waals surface area contributed by atoms with Crippen molar-refractivity contribution in [3.8, 4) is 0 Å². The smallest absolute Gasteiger partial charge is 0.276 e. The maximum Gasteiger partial charge on any atom is 0.276 e. The van der Waals surface area contributed by atoms with Gasteiger partial charge in [-0.25, -0.2) is 4.98 Å². The monoisotopic (exact) mass is 340 g/mol. The highest BCUT2D eigenvalue weighted by Crippen LogP contribution is 2.26. The molecular formula is C19H24N4O2. The average molecular weight is 340 g/mol. The first-order valence-electron chi connectivity index (χ1n) is 9.14. The summed E-state index contributed by atoms with van der Waals surface area (Å²) in [5.74, 6) is 1.87. The predicted octanol–water partition coefficient (Wildman–Crippen LogP) is 2.69. The van der Waals surface area contributed by atoms with E-state index in [9.17, 15) is 4.79 Å². The number of carbonyl (C=O) groups is 1. The van der Waals surface area contributed by atoms with E-state index in [-0.39, 0.29) is 11.9 Å². The maximum absolute atomic E-state index is 13.0. The lowest BCUT2D eigenvalue weighted by atomic mass is 9.95. The molecule has 3 heterocycles. The standard InChI is InChI=1S/C19H24N4O2/c1-22(19(24)18-15-8-2-3-9-16(15)25-21-18)14-7-6-12-23(13-14)17-10-4-5-11-20-17/h4-5,10-11,14H,2-3,6-9,12-13H2,1H3/t14-/m0/s1. The lowest BCUT2D eigenvalue weighted by molar-refractivity contribution is 0.0706. The Bertz CT molecular complexity index is 743. The number of nitrogens with zero attached hydrogens (tertiary/aromatic N) is 4. The second-order valence-electron chi connectivity index (χ2n) is 6.99. The number of rotatable bonds is 3. The van der Waals surface area contributed by atoms with E-state index >= 15 is 0 Å². The van der Waals surface area contributed by atoms with E-state index in [0.717, 1.165) is 68.8 Å². The Morgan fingerprint density at radius 2 is 2.16 bits per heavy atom. The van der Waals surface area contributed by atoms with Crippen LogP contribution in [-0.2, 0) is 12.8 Å². The molecule has 0 bridgehead atoms. The Hall–Kier alpha value is -2.37. The minimum Gasteiger partial charge on any atom is -0.360 e. The summed E-state index contributed by atoms with van der Waals surface area (Å²) in [5.41, 5.74) is 1.55. The van der Waals surface area contributed by atoms with Crippen LogP contribution in [0, 0.1) is 0 Å². The van der Waals surface area contributed by atoms with Gasteiger partial charge in [0.25, 0.3) is 5.91 Å². The van der Waals surface area contributed by atoms with Gasteiger partial charge in [-0.15, -0.1) is 0 Å². The number of amides is 1. The summed E-state index contributed by atoms with van der Waals surface area (Å²) in [6.07, 6.45) is 7.90. The molecule has 1 saturated heterocycles. The molecule has 0 N–H and O–H groups in total. The van der Waals surface area contributed by atoms with Crippen molar-refractivity contribution in [1.29, 1.82) is 0 Å². The van der Waals surface area contributed by atoms with Crippen molar-refractivity contribution in [2.24, 2.45) is 0 Å². The van der Waals surface area contributed by atoms with Crippen LogP contribution in [0.1, 0.15) is 47.5 Å². The number of hydrogen-bond donors (Lipinski definition) is 0. The molecule has 6 nitrogen and oxygen atoms in total. The Morgan fingerprint density at radius 3 is 3.00 bits per heavy atom. The van der Waals surface area contributed by atoms with E-state index in [1.807, 2.05) is 36.3 Å². The SMILES string of the molecule is CN(C(=O)c1noc2c1CCCC2)[C@H]1CCCN(c2ccccn2)C1. The molecule has 1 atom stereocenters. The fourth-order valence-electron chi connectivity index (χ4n) is 3.91. The first-order chi connectivity index (χ1) is 12.2. The fourth-order valence-corrected chi connectivity index (χ4v) is 3.91. The number of anilines is 1. The van der Waals surface area contributed by atoms with Crippen molar-refractivity contribution in [1.82, 2.24) is 15.0 Å². The number of pyridine rings is 1. The van der Waals surface area contributed by atoms with Gasteiger partial charge < -0.3 is 14.3 Å². The van der Waals surface area contributed by atoms with Gasteiger partial charge in [-0.3, -0.25) is 4.79 Å². The van der Waals surface area contributed by atoms with Crippen molar-refractivity contribution in [3.05, 3.63) is 41.4 Å². The molecule has 2 aliphatic rings. The van der Waals surface area contributed by atoms with Crippen LogP contribution in [0.3, 0.4) is 0 Å². The van der Waals surface area contributed by atoms with Crippen LogP contribution < -0.4 is 4.90 Å². The van der Waals surface area contributed by atoms with Gasteiger partial charge in [0.2, 0.25) is 0 Å². The van der Waals surface area contributed by atoms with Crippen LogP contribution in [0.4, 0.5) is 5.82 Å². The Labute approximate surface area is 147 Å². The molecule has 0 spiro atoms. The van der Waals surface area contributed by atoms with Gasteiger partial charge >= 0.3 is 0 Å². The predicted molar refractivity (Wildman–Crippen MR) is 94.7 cm³/mol. The van der Waals surface area contributed by atoms with Crippen LogP contribution in [0.25, 0.3) is 0 Å². The van der Waals surface area contributed by atoms with Crippen LogP contribution in [0.15, 0.2) is 28.9 Å². The molecule has 0 aromatic carbocycles.